The molecule has 106 valence electrons. The number of rotatable bonds is 4. The van der Waals surface area contributed by atoms with E-state index in [1.54, 1.807) is 6.07 Å². The monoisotopic (exact) mass is 265 g/mol. The van der Waals surface area contributed by atoms with Crippen LogP contribution in [0, 0.1) is 5.82 Å². The molecule has 0 aromatic heterocycles. The van der Waals surface area contributed by atoms with Crippen LogP contribution in [0.2, 0.25) is 0 Å². The second-order valence-corrected chi connectivity index (χ2v) is 5.50. The summed E-state index contributed by atoms with van der Waals surface area (Å²) in [7, 11) is 0. The van der Waals surface area contributed by atoms with Crippen LogP contribution in [0.3, 0.4) is 0 Å². The number of piperazine rings is 1. The summed E-state index contributed by atoms with van der Waals surface area (Å²) in [4.78, 5) is 4.78. The molecule has 4 heteroatoms. The smallest absolute Gasteiger partial charge is 0.132 e. The van der Waals surface area contributed by atoms with Gasteiger partial charge in [0.05, 0.1) is 0 Å². The predicted octanol–water partition coefficient (Wildman–Crippen LogP) is 1.81. The van der Waals surface area contributed by atoms with E-state index in [-0.39, 0.29) is 12.4 Å². The minimum atomic E-state index is -0.128. The average molecular weight is 265 g/mol. The molecule has 0 spiro atoms. The molecule has 1 aliphatic rings. The number of hydrogen-bond donors (Lipinski definition) is 1. The molecule has 0 unspecified atom stereocenters. The zero-order valence-electron chi connectivity index (χ0n) is 11.9. The second kappa shape index (κ2) is 6.46. The third-order valence-electron chi connectivity index (χ3n) is 3.91. The standard InChI is InChI=1S/C15H24FN3/c1-12(2)19-8-6-18(7-9-19)11-14-5-3-4-13(10-17)15(14)16/h3-5,12H,6-11,17H2,1-2H3. The molecule has 0 saturated carbocycles. The molecule has 1 fully saturated rings. The molecule has 0 bridgehead atoms. The summed E-state index contributed by atoms with van der Waals surface area (Å²) in [6, 6.07) is 6.11. The summed E-state index contributed by atoms with van der Waals surface area (Å²) in [6.07, 6.45) is 0. The van der Waals surface area contributed by atoms with Crippen LogP contribution in [-0.2, 0) is 13.1 Å². The van der Waals surface area contributed by atoms with E-state index in [1.165, 1.54) is 0 Å². The van der Waals surface area contributed by atoms with E-state index in [0.29, 0.717) is 18.2 Å². The molecule has 3 nitrogen and oxygen atoms in total. The van der Waals surface area contributed by atoms with Crippen molar-refractivity contribution >= 4 is 0 Å². The van der Waals surface area contributed by atoms with E-state index in [0.717, 1.165) is 31.7 Å². The van der Waals surface area contributed by atoms with Crippen LogP contribution in [-0.4, -0.2) is 42.0 Å². The van der Waals surface area contributed by atoms with Gasteiger partial charge in [0.2, 0.25) is 0 Å². The maximum absolute atomic E-state index is 14.1. The van der Waals surface area contributed by atoms with E-state index < -0.39 is 0 Å². The molecule has 19 heavy (non-hydrogen) atoms. The van der Waals surface area contributed by atoms with Crippen LogP contribution >= 0.6 is 0 Å². The fourth-order valence-electron chi connectivity index (χ4n) is 2.59. The molecule has 1 aromatic carbocycles. The quantitative estimate of drug-likeness (QED) is 0.901. The average Bonchev–Trinajstić information content (AvgIpc) is 2.42. The Kier molecular flexibility index (Phi) is 4.91. The molecule has 0 atom stereocenters. The zero-order valence-corrected chi connectivity index (χ0v) is 11.9. The van der Waals surface area contributed by atoms with Gasteiger partial charge < -0.3 is 5.73 Å². The lowest BCUT2D eigenvalue weighted by Crippen LogP contribution is -2.48. The summed E-state index contributed by atoms with van der Waals surface area (Å²) < 4.78 is 14.1. The Morgan fingerprint density at radius 3 is 2.37 bits per heavy atom. The van der Waals surface area contributed by atoms with E-state index in [9.17, 15) is 4.39 Å². The Hall–Kier alpha value is -0.970. The van der Waals surface area contributed by atoms with Crippen LogP contribution < -0.4 is 5.73 Å². The Bertz CT molecular complexity index is 412. The van der Waals surface area contributed by atoms with Gasteiger partial charge in [0.1, 0.15) is 5.82 Å². The lowest BCUT2D eigenvalue weighted by atomic mass is 10.1. The van der Waals surface area contributed by atoms with Gasteiger partial charge in [-0.3, -0.25) is 9.80 Å². The highest BCUT2D eigenvalue weighted by Gasteiger charge is 2.19. The minimum absolute atomic E-state index is 0.128. The highest BCUT2D eigenvalue weighted by atomic mass is 19.1. The molecular formula is C15H24FN3. The Morgan fingerprint density at radius 1 is 1.16 bits per heavy atom. The molecule has 1 saturated heterocycles. The maximum atomic E-state index is 14.1. The van der Waals surface area contributed by atoms with Crippen molar-refractivity contribution in [3.8, 4) is 0 Å². The van der Waals surface area contributed by atoms with Gasteiger partial charge in [-0.05, 0) is 13.8 Å². The van der Waals surface area contributed by atoms with Crippen molar-refractivity contribution in [3.63, 3.8) is 0 Å². The Balaban J connectivity index is 1.96. The maximum Gasteiger partial charge on any atom is 0.132 e. The van der Waals surface area contributed by atoms with Crippen LogP contribution in [0.15, 0.2) is 18.2 Å². The van der Waals surface area contributed by atoms with Crippen LogP contribution in [0.4, 0.5) is 4.39 Å². The van der Waals surface area contributed by atoms with E-state index in [4.69, 9.17) is 5.73 Å². The second-order valence-electron chi connectivity index (χ2n) is 5.50. The van der Waals surface area contributed by atoms with E-state index in [2.05, 4.69) is 23.6 Å². The lowest BCUT2D eigenvalue weighted by Gasteiger charge is -2.37. The van der Waals surface area contributed by atoms with Crippen molar-refractivity contribution in [1.29, 1.82) is 0 Å². The van der Waals surface area contributed by atoms with Gasteiger partial charge in [-0.25, -0.2) is 4.39 Å². The third kappa shape index (κ3) is 3.53. The molecule has 1 aliphatic heterocycles. The van der Waals surface area contributed by atoms with E-state index >= 15 is 0 Å². The van der Waals surface area contributed by atoms with Crippen molar-refractivity contribution in [2.24, 2.45) is 5.73 Å². The first kappa shape index (κ1) is 14.4. The molecule has 2 rings (SSSR count). The van der Waals surface area contributed by atoms with Crippen molar-refractivity contribution in [1.82, 2.24) is 9.80 Å². The Morgan fingerprint density at radius 2 is 1.79 bits per heavy atom. The Labute approximate surface area is 115 Å². The molecule has 1 heterocycles. The third-order valence-corrected chi connectivity index (χ3v) is 3.91. The van der Waals surface area contributed by atoms with Crippen LogP contribution in [0.1, 0.15) is 25.0 Å². The lowest BCUT2D eigenvalue weighted by molar-refractivity contribution is 0.103. The summed E-state index contributed by atoms with van der Waals surface area (Å²) in [5.41, 5.74) is 6.92. The van der Waals surface area contributed by atoms with Gasteiger partial charge in [0.25, 0.3) is 0 Å². The zero-order chi connectivity index (χ0) is 13.8. The SMILES string of the molecule is CC(C)N1CCN(Cc2cccc(CN)c2F)CC1. The predicted molar refractivity (Wildman–Crippen MR) is 76.3 cm³/mol. The van der Waals surface area contributed by atoms with Crippen LogP contribution in [0.25, 0.3) is 0 Å². The fraction of sp³-hybridized carbons (Fsp3) is 0.600. The number of hydrogen-bond acceptors (Lipinski definition) is 3. The molecule has 0 amide bonds. The van der Waals surface area contributed by atoms with Gasteiger partial charge in [-0.1, -0.05) is 18.2 Å². The highest BCUT2D eigenvalue weighted by Crippen LogP contribution is 2.16. The van der Waals surface area contributed by atoms with Gasteiger partial charge >= 0.3 is 0 Å². The number of halogens is 1. The van der Waals surface area contributed by atoms with Gasteiger partial charge in [-0.15, -0.1) is 0 Å². The first-order valence-corrected chi connectivity index (χ1v) is 7.04. The molecule has 0 aliphatic carbocycles. The van der Waals surface area contributed by atoms with Gasteiger partial charge in [0.15, 0.2) is 0 Å². The largest absolute Gasteiger partial charge is 0.326 e. The highest BCUT2D eigenvalue weighted by molar-refractivity contribution is 5.25. The van der Waals surface area contributed by atoms with Crippen LogP contribution in [0.5, 0.6) is 0 Å². The minimum Gasteiger partial charge on any atom is -0.326 e. The van der Waals surface area contributed by atoms with Crippen molar-refractivity contribution in [2.45, 2.75) is 33.0 Å². The molecular weight excluding hydrogens is 241 g/mol. The van der Waals surface area contributed by atoms with Crippen molar-refractivity contribution < 1.29 is 4.39 Å². The van der Waals surface area contributed by atoms with Gasteiger partial charge in [0, 0.05) is 56.4 Å². The molecule has 0 radical (unpaired) electrons. The number of nitrogens with two attached hydrogens (primary N) is 1. The van der Waals surface area contributed by atoms with Crippen molar-refractivity contribution in [2.75, 3.05) is 26.2 Å². The summed E-state index contributed by atoms with van der Waals surface area (Å²) in [6.45, 7) is 9.53. The van der Waals surface area contributed by atoms with E-state index in [1.807, 2.05) is 12.1 Å². The first-order chi connectivity index (χ1) is 9.11. The first-order valence-electron chi connectivity index (χ1n) is 7.04. The number of benzene rings is 1. The summed E-state index contributed by atoms with van der Waals surface area (Å²) >= 11 is 0. The van der Waals surface area contributed by atoms with Gasteiger partial charge in [-0.2, -0.15) is 0 Å². The summed E-state index contributed by atoms with van der Waals surface area (Å²) in [5.74, 6) is -0.128. The fourth-order valence-corrected chi connectivity index (χ4v) is 2.59. The normalized spacial score (nSPS) is 18.2. The number of nitrogens with zero attached hydrogens (tertiary/aromatic N) is 2. The van der Waals surface area contributed by atoms with Crippen molar-refractivity contribution in [3.05, 3.63) is 35.1 Å². The molecule has 1 aromatic rings. The topological polar surface area (TPSA) is 32.5 Å². The summed E-state index contributed by atoms with van der Waals surface area (Å²) in [5, 5.41) is 0. The molecule has 2 N–H and O–H groups in total.